The molecule has 1 saturated carbocycles. The molecule has 1 aliphatic rings. The van der Waals surface area contributed by atoms with E-state index in [9.17, 15) is 4.79 Å². The number of carbonyl (C=O) groups excluding carboxylic acids is 1. The molecule has 2 aromatic rings. The van der Waals surface area contributed by atoms with Crippen LogP contribution in [0.15, 0.2) is 18.2 Å². The van der Waals surface area contributed by atoms with Crippen LogP contribution in [0.1, 0.15) is 19.8 Å². The van der Waals surface area contributed by atoms with Crippen LogP contribution in [0.3, 0.4) is 0 Å². The van der Waals surface area contributed by atoms with Crippen molar-refractivity contribution >= 4 is 51.4 Å². The molecule has 0 radical (unpaired) electrons. The van der Waals surface area contributed by atoms with Gasteiger partial charge in [0.15, 0.2) is 5.82 Å². The molecular formula is C14H15IN4O. The Morgan fingerprint density at radius 1 is 1.40 bits per heavy atom. The van der Waals surface area contributed by atoms with E-state index < -0.39 is 0 Å². The number of rotatable bonds is 5. The van der Waals surface area contributed by atoms with Crippen molar-refractivity contribution in [2.75, 3.05) is 10.6 Å². The summed E-state index contributed by atoms with van der Waals surface area (Å²) >= 11 is 2.25. The fourth-order valence-corrected chi connectivity index (χ4v) is 2.80. The molecule has 104 valence electrons. The van der Waals surface area contributed by atoms with E-state index in [1.165, 1.54) is 12.8 Å². The molecule has 0 spiro atoms. The van der Waals surface area contributed by atoms with Crippen LogP contribution in [-0.4, -0.2) is 22.6 Å². The predicted molar refractivity (Wildman–Crippen MR) is 87.8 cm³/mol. The zero-order valence-corrected chi connectivity index (χ0v) is 13.2. The van der Waals surface area contributed by atoms with Crippen molar-refractivity contribution in [2.24, 2.45) is 5.92 Å². The largest absolute Gasteiger partial charge is 0.379 e. The van der Waals surface area contributed by atoms with Gasteiger partial charge in [-0.05, 0) is 66.5 Å². The monoisotopic (exact) mass is 382 g/mol. The molecule has 1 heterocycles. The van der Waals surface area contributed by atoms with E-state index in [0.717, 1.165) is 20.2 Å². The Morgan fingerprint density at radius 2 is 2.20 bits per heavy atom. The Hall–Kier alpha value is -1.44. The first-order chi connectivity index (χ1) is 9.69. The van der Waals surface area contributed by atoms with Gasteiger partial charge in [-0.15, -0.1) is 10.2 Å². The van der Waals surface area contributed by atoms with E-state index in [0.29, 0.717) is 24.2 Å². The van der Waals surface area contributed by atoms with E-state index in [-0.39, 0.29) is 0 Å². The van der Waals surface area contributed by atoms with E-state index in [2.05, 4.69) is 50.3 Å². The highest BCUT2D eigenvalue weighted by Gasteiger charge is 2.28. The van der Waals surface area contributed by atoms with Crippen molar-refractivity contribution < 1.29 is 4.79 Å². The third kappa shape index (κ3) is 2.70. The number of aromatic nitrogens is 2. The number of halogens is 1. The summed E-state index contributed by atoms with van der Waals surface area (Å²) in [4.78, 5) is 10.7. The second-order valence-corrected chi connectivity index (χ2v) is 6.36. The lowest BCUT2D eigenvalue weighted by atomic mass is 10.1. The van der Waals surface area contributed by atoms with Crippen molar-refractivity contribution in [3.63, 3.8) is 0 Å². The van der Waals surface area contributed by atoms with Gasteiger partial charge >= 0.3 is 0 Å². The molecule has 20 heavy (non-hydrogen) atoms. The van der Waals surface area contributed by atoms with Gasteiger partial charge in [0.1, 0.15) is 0 Å². The molecule has 1 aliphatic carbocycles. The molecule has 2 N–H and O–H groups in total. The number of nitrogens with zero attached hydrogens (tertiary/aromatic N) is 2. The van der Waals surface area contributed by atoms with Gasteiger partial charge < -0.3 is 10.6 Å². The quantitative estimate of drug-likeness (QED) is 0.617. The van der Waals surface area contributed by atoms with E-state index >= 15 is 0 Å². The summed E-state index contributed by atoms with van der Waals surface area (Å²) in [6.07, 6.45) is 3.16. The van der Waals surface area contributed by atoms with Gasteiger partial charge in [0, 0.05) is 15.0 Å². The summed E-state index contributed by atoms with van der Waals surface area (Å²) in [6, 6.07) is 6.40. The minimum Gasteiger partial charge on any atom is -0.379 e. The Bertz CT molecular complexity index is 657. The first kappa shape index (κ1) is 13.5. The molecule has 0 aliphatic heterocycles. The number of hydrogen-bond acceptors (Lipinski definition) is 4. The van der Waals surface area contributed by atoms with Gasteiger partial charge in [-0.2, -0.15) is 0 Å². The van der Waals surface area contributed by atoms with E-state index in [4.69, 9.17) is 0 Å². The first-order valence-corrected chi connectivity index (χ1v) is 7.69. The molecule has 6 heteroatoms. The van der Waals surface area contributed by atoms with Crippen LogP contribution in [0, 0.1) is 9.49 Å². The summed E-state index contributed by atoms with van der Waals surface area (Å²) < 4.78 is 1.11. The minimum atomic E-state index is 0.369. The Balaban J connectivity index is 2.07. The van der Waals surface area contributed by atoms with Crippen molar-refractivity contribution in [2.45, 2.75) is 25.8 Å². The normalized spacial score (nSPS) is 15.9. The van der Waals surface area contributed by atoms with Crippen LogP contribution in [-0.2, 0) is 4.79 Å². The Morgan fingerprint density at radius 3 is 2.90 bits per heavy atom. The lowest BCUT2D eigenvalue weighted by molar-refractivity contribution is -0.105. The van der Waals surface area contributed by atoms with Crippen LogP contribution in [0.25, 0.3) is 10.9 Å². The summed E-state index contributed by atoms with van der Waals surface area (Å²) in [5.41, 5.74) is 1.69. The summed E-state index contributed by atoms with van der Waals surface area (Å²) in [5, 5.41) is 15.4. The second-order valence-electron chi connectivity index (χ2n) is 5.12. The van der Waals surface area contributed by atoms with Crippen LogP contribution in [0.5, 0.6) is 0 Å². The maximum Gasteiger partial charge on any atom is 0.212 e. The molecule has 0 saturated heterocycles. The highest BCUT2D eigenvalue weighted by molar-refractivity contribution is 14.1. The van der Waals surface area contributed by atoms with Gasteiger partial charge in [0.2, 0.25) is 6.41 Å². The second kappa shape index (κ2) is 5.51. The number of nitrogens with one attached hydrogen (secondary N) is 2. The predicted octanol–water partition coefficient (Wildman–Crippen LogP) is 3.01. The maximum atomic E-state index is 10.7. The highest BCUT2D eigenvalue weighted by Crippen LogP contribution is 2.36. The number of benzene rings is 1. The molecule has 1 amide bonds. The zero-order valence-electron chi connectivity index (χ0n) is 11.1. The van der Waals surface area contributed by atoms with E-state index in [1.807, 2.05) is 18.2 Å². The standard InChI is InChI=1S/C14H15IN4O/c1-8(9-2-3-9)17-13-11-5-4-10(15)6-12(11)18-19-14(13)16-7-20/h4-9H,2-3H2,1H3,(H,17,18)(H,16,19,20)/t8-/m1/s1. The molecule has 0 unspecified atom stereocenters. The fourth-order valence-electron chi connectivity index (χ4n) is 2.33. The topological polar surface area (TPSA) is 66.9 Å². The molecule has 1 aromatic heterocycles. The average molecular weight is 382 g/mol. The zero-order chi connectivity index (χ0) is 14.1. The van der Waals surface area contributed by atoms with Gasteiger partial charge in [0.25, 0.3) is 0 Å². The van der Waals surface area contributed by atoms with Gasteiger partial charge in [-0.3, -0.25) is 4.79 Å². The highest BCUT2D eigenvalue weighted by atomic mass is 127. The fraction of sp³-hybridized carbons (Fsp3) is 0.357. The molecule has 5 nitrogen and oxygen atoms in total. The molecular weight excluding hydrogens is 367 g/mol. The van der Waals surface area contributed by atoms with Crippen molar-refractivity contribution in [1.82, 2.24) is 10.2 Å². The lowest BCUT2D eigenvalue weighted by Gasteiger charge is -2.18. The Labute approximate surface area is 130 Å². The molecule has 1 atom stereocenters. The van der Waals surface area contributed by atoms with Crippen LogP contribution < -0.4 is 10.6 Å². The molecule has 1 fully saturated rings. The third-order valence-corrected chi connectivity index (χ3v) is 4.29. The van der Waals surface area contributed by atoms with Gasteiger partial charge in [-0.1, -0.05) is 0 Å². The first-order valence-electron chi connectivity index (χ1n) is 6.61. The lowest BCUT2D eigenvalue weighted by Crippen LogP contribution is -2.19. The van der Waals surface area contributed by atoms with Gasteiger partial charge in [-0.25, -0.2) is 0 Å². The summed E-state index contributed by atoms with van der Waals surface area (Å²) in [5.74, 6) is 1.20. The van der Waals surface area contributed by atoms with Crippen molar-refractivity contribution in [1.29, 1.82) is 0 Å². The van der Waals surface area contributed by atoms with Crippen molar-refractivity contribution in [3.8, 4) is 0 Å². The molecule has 1 aromatic carbocycles. The Kier molecular flexibility index (Phi) is 3.73. The molecule has 0 bridgehead atoms. The van der Waals surface area contributed by atoms with Crippen molar-refractivity contribution in [3.05, 3.63) is 21.8 Å². The summed E-state index contributed by atoms with van der Waals surface area (Å²) in [6.45, 7) is 2.17. The smallest absolute Gasteiger partial charge is 0.212 e. The number of carbonyl (C=O) groups is 1. The number of amides is 1. The molecule has 3 rings (SSSR count). The summed E-state index contributed by atoms with van der Waals surface area (Å²) in [7, 11) is 0. The third-order valence-electron chi connectivity index (χ3n) is 3.62. The van der Waals surface area contributed by atoms with Gasteiger partial charge in [0.05, 0.1) is 11.2 Å². The SMILES string of the molecule is C[C@@H](Nc1c(NC=O)nnc2cc(I)ccc12)C1CC1. The minimum absolute atomic E-state index is 0.369. The number of anilines is 2. The van der Waals surface area contributed by atoms with Crippen LogP contribution >= 0.6 is 22.6 Å². The maximum absolute atomic E-state index is 10.7. The van der Waals surface area contributed by atoms with E-state index in [1.54, 1.807) is 0 Å². The van der Waals surface area contributed by atoms with Crippen LogP contribution in [0.2, 0.25) is 0 Å². The number of fused-ring (bicyclic) bond motifs is 1. The van der Waals surface area contributed by atoms with Crippen LogP contribution in [0.4, 0.5) is 11.5 Å². The number of hydrogen-bond donors (Lipinski definition) is 2. The average Bonchev–Trinajstić information content (AvgIpc) is 3.25.